The minimum atomic E-state index is 0.855. The van der Waals surface area contributed by atoms with Gasteiger partial charge >= 0.3 is 0 Å². The molecule has 0 saturated carbocycles. The summed E-state index contributed by atoms with van der Waals surface area (Å²) in [5, 5.41) is 0. The third-order valence-electron chi connectivity index (χ3n) is 3.91. The Morgan fingerprint density at radius 2 is 1.28 bits per heavy atom. The van der Waals surface area contributed by atoms with Crippen LogP contribution in [0.5, 0.6) is 0 Å². The van der Waals surface area contributed by atoms with Gasteiger partial charge in [0.1, 0.15) is 0 Å². The molecule has 2 rings (SSSR count). The van der Waals surface area contributed by atoms with Gasteiger partial charge in [0.25, 0.3) is 0 Å². The first-order valence-electron chi connectivity index (χ1n) is 7.12. The Balaban J connectivity index is 1.55. The average molecular weight is 257 g/mol. The molecule has 18 heavy (non-hydrogen) atoms. The Bertz CT molecular complexity index is 214. The van der Waals surface area contributed by atoms with Crippen LogP contribution in [0.2, 0.25) is 0 Å². The SMILES string of the molecule is COCCN1CCN(CCN2CCOCC2)CC1. The van der Waals surface area contributed by atoms with E-state index in [9.17, 15) is 0 Å². The van der Waals surface area contributed by atoms with E-state index in [1.165, 1.54) is 39.3 Å². The van der Waals surface area contributed by atoms with Gasteiger partial charge in [-0.05, 0) is 0 Å². The summed E-state index contributed by atoms with van der Waals surface area (Å²) in [7, 11) is 1.78. The van der Waals surface area contributed by atoms with Gasteiger partial charge in [-0.1, -0.05) is 0 Å². The lowest BCUT2D eigenvalue weighted by Gasteiger charge is -2.36. The first kappa shape index (κ1) is 14.2. The summed E-state index contributed by atoms with van der Waals surface area (Å²) in [6.45, 7) is 13.1. The zero-order valence-corrected chi connectivity index (χ0v) is 11.6. The third kappa shape index (κ3) is 4.82. The molecule has 2 aliphatic rings. The van der Waals surface area contributed by atoms with Crippen LogP contribution >= 0.6 is 0 Å². The molecule has 0 amide bonds. The molecule has 0 N–H and O–H groups in total. The average Bonchev–Trinajstić information content (AvgIpc) is 2.45. The summed E-state index contributed by atoms with van der Waals surface area (Å²) in [6.07, 6.45) is 0. The van der Waals surface area contributed by atoms with E-state index in [-0.39, 0.29) is 0 Å². The van der Waals surface area contributed by atoms with Crippen molar-refractivity contribution in [2.75, 3.05) is 85.8 Å². The standard InChI is InChI=1S/C13H27N3O2/c1-17-11-8-15-5-2-14(3-6-15)4-7-16-9-12-18-13-10-16/h2-13H2,1H3. The molecule has 2 fully saturated rings. The van der Waals surface area contributed by atoms with Crippen molar-refractivity contribution in [3.05, 3.63) is 0 Å². The molecule has 0 bridgehead atoms. The molecule has 0 atom stereocenters. The number of nitrogens with zero attached hydrogens (tertiary/aromatic N) is 3. The van der Waals surface area contributed by atoms with E-state index in [4.69, 9.17) is 9.47 Å². The molecule has 2 saturated heterocycles. The number of rotatable bonds is 6. The van der Waals surface area contributed by atoms with Crippen molar-refractivity contribution in [1.82, 2.24) is 14.7 Å². The number of ether oxygens (including phenoxy) is 2. The van der Waals surface area contributed by atoms with Crippen LogP contribution in [0.1, 0.15) is 0 Å². The van der Waals surface area contributed by atoms with Crippen LogP contribution in [0.4, 0.5) is 0 Å². The van der Waals surface area contributed by atoms with Gasteiger partial charge in [-0.3, -0.25) is 14.7 Å². The van der Waals surface area contributed by atoms with E-state index < -0.39 is 0 Å². The summed E-state index contributed by atoms with van der Waals surface area (Å²) in [6, 6.07) is 0. The van der Waals surface area contributed by atoms with Crippen LogP contribution in [-0.2, 0) is 9.47 Å². The van der Waals surface area contributed by atoms with E-state index in [1.54, 1.807) is 7.11 Å². The van der Waals surface area contributed by atoms with Gasteiger partial charge in [0.2, 0.25) is 0 Å². The van der Waals surface area contributed by atoms with Gasteiger partial charge in [0, 0.05) is 66.0 Å². The molecule has 5 heteroatoms. The number of methoxy groups -OCH3 is 1. The van der Waals surface area contributed by atoms with Crippen LogP contribution in [0.15, 0.2) is 0 Å². The summed E-state index contributed by atoms with van der Waals surface area (Å²) in [5.41, 5.74) is 0. The first-order valence-corrected chi connectivity index (χ1v) is 7.12. The maximum atomic E-state index is 5.37. The van der Waals surface area contributed by atoms with Gasteiger partial charge in [-0.15, -0.1) is 0 Å². The lowest BCUT2D eigenvalue weighted by Crippen LogP contribution is -2.49. The minimum Gasteiger partial charge on any atom is -0.383 e. The normalized spacial score (nSPS) is 24.5. The van der Waals surface area contributed by atoms with Crippen molar-refractivity contribution in [3.63, 3.8) is 0 Å². The Morgan fingerprint density at radius 1 is 0.778 bits per heavy atom. The Labute approximate surface area is 111 Å². The fourth-order valence-corrected chi connectivity index (χ4v) is 2.56. The number of hydrogen-bond acceptors (Lipinski definition) is 5. The molecule has 2 heterocycles. The predicted octanol–water partition coefficient (Wildman–Crippen LogP) is -0.417. The van der Waals surface area contributed by atoms with Gasteiger partial charge in [0.15, 0.2) is 0 Å². The van der Waals surface area contributed by atoms with E-state index in [0.29, 0.717) is 0 Å². The molecule has 0 aromatic rings. The predicted molar refractivity (Wildman–Crippen MR) is 72.0 cm³/mol. The highest BCUT2D eigenvalue weighted by atomic mass is 16.5. The zero-order valence-electron chi connectivity index (χ0n) is 11.6. The van der Waals surface area contributed by atoms with Gasteiger partial charge in [-0.25, -0.2) is 0 Å². The van der Waals surface area contributed by atoms with Crippen molar-refractivity contribution in [3.8, 4) is 0 Å². The third-order valence-corrected chi connectivity index (χ3v) is 3.91. The lowest BCUT2D eigenvalue weighted by molar-refractivity contribution is 0.0289. The van der Waals surface area contributed by atoms with Crippen molar-refractivity contribution >= 4 is 0 Å². The highest BCUT2D eigenvalue weighted by molar-refractivity contribution is 4.73. The summed E-state index contributed by atoms with van der Waals surface area (Å²) < 4.78 is 10.5. The summed E-state index contributed by atoms with van der Waals surface area (Å²) in [4.78, 5) is 7.59. The first-order chi connectivity index (χ1) is 8.88. The number of piperazine rings is 1. The van der Waals surface area contributed by atoms with Gasteiger partial charge in [0.05, 0.1) is 19.8 Å². The second-order valence-corrected chi connectivity index (χ2v) is 5.13. The number of morpholine rings is 1. The van der Waals surface area contributed by atoms with Crippen LogP contribution in [0.3, 0.4) is 0 Å². The maximum absolute atomic E-state index is 5.37. The van der Waals surface area contributed by atoms with Crippen molar-refractivity contribution in [2.24, 2.45) is 0 Å². The molecule has 0 unspecified atom stereocenters. The topological polar surface area (TPSA) is 28.2 Å². The minimum absolute atomic E-state index is 0.855. The largest absolute Gasteiger partial charge is 0.383 e. The second-order valence-electron chi connectivity index (χ2n) is 5.13. The monoisotopic (exact) mass is 257 g/mol. The Kier molecular flexibility index (Phi) is 6.37. The van der Waals surface area contributed by atoms with Gasteiger partial charge < -0.3 is 9.47 Å². The van der Waals surface area contributed by atoms with Crippen LogP contribution in [0.25, 0.3) is 0 Å². The lowest BCUT2D eigenvalue weighted by atomic mass is 10.3. The second kappa shape index (κ2) is 8.07. The van der Waals surface area contributed by atoms with E-state index in [2.05, 4.69) is 14.7 Å². The molecule has 2 aliphatic heterocycles. The van der Waals surface area contributed by atoms with E-state index in [0.717, 1.165) is 39.5 Å². The molecular formula is C13H27N3O2. The molecule has 0 spiro atoms. The van der Waals surface area contributed by atoms with Crippen molar-refractivity contribution < 1.29 is 9.47 Å². The highest BCUT2D eigenvalue weighted by Crippen LogP contribution is 2.03. The van der Waals surface area contributed by atoms with E-state index in [1.807, 2.05) is 0 Å². The molecule has 0 aliphatic carbocycles. The Hall–Kier alpha value is -0.200. The fourth-order valence-electron chi connectivity index (χ4n) is 2.56. The quantitative estimate of drug-likeness (QED) is 0.645. The van der Waals surface area contributed by atoms with Crippen LogP contribution in [-0.4, -0.2) is 101 Å². The van der Waals surface area contributed by atoms with Crippen LogP contribution < -0.4 is 0 Å². The Morgan fingerprint density at radius 3 is 1.83 bits per heavy atom. The molecule has 5 nitrogen and oxygen atoms in total. The van der Waals surface area contributed by atoms with Crippen molar-refractivity contribution in [1.29, 1.82) is 0 Å². The van der Waals surface area contributed by atoms with Gasteiger partial charge in [-0.2, -0.15) is 0 Å². The van der Waals surface area contributed by atoms with Crippen molar-refractivity contribution in [2.45, 2.75) is 0 Å². The maximum Gasteiger partial charge on any atom is 0.0594 e. The summed E-state index contributed by atoms with van der Waals surface area (Å²) in [5.74, 6) is 0. The smallest absolute Gasteiger partial charge is 0.0594 e. The van der Waals surface area contributed by atoms with Crippen LogP contribution in [0, 0.1) is 0 Å². The molecule has 0 aromatic heterocycles. The molecular weight excluding hydrogens is 230 g/mol. The van der Waals surface area contributed by atoms with E-state index >= 15 is 0 Å². The fraction of sp³-hybridized carbons (Fsp3) is 1.00. The zero-order chi connectivity index (χ0) is 12.6. The highest BCUT2D eigenvalue weighted by Gasteiger charge is 2.17. The number of hydrogen-bond donors (Lipinski definition) is 0. The molecule has 106 valence electrons. The molecule has 0 radical (unpaired) electrons. The summed E-state index contributed by atoms with van der Waals surface area (Å²) >= 11 is 0. The molecule has 0 aromatic carbocycles.